The number of rotatable bonds is 5. The fraction of sp³-hybridized carbons (Fsp3) is 0.286. The van der Waals surface area contributed by atoms with Crippen LogP contribution in [-0.4, -0.2) is 20.9 Å². The van der Waals surface area contributed by atoms with E-state index in [0.717, 1.165) is 29.4 Å². The number of aromatic carboxylic acids is 1. The molecule has 1 aromatic heterocycles. The number of benzene rings is 1. The summed E-state index contributed by atoms with van der Waals surface area (Å²) >= 11 is 3.36. The highest BCUT2D eigenvalue weighted by atomic mass is 79.9. The Bertz CT molecular complexity index is 576. The predicted octanol–water partition coefficient (Wildman–Crippen LogP) is 3.81. The van der Waals surface area contributed by atoms with Crippen LogP contribution < -0.4 is 0 Å². The molecule has 100 valence electrons. The molecule has 0 aliphatic carbocycles. The Kier molecular flexibility index (Phi) is 4.37. The van der Waals surface area contributed by atoms with E-state index in [1.807, 2.05) is 24.3 Å². The van der Waals surface area contributed by atoms with Crippen molar-refractivity contribution in [1.29, 1.82) is 0 Å². The average molecular weight is 323 g/mol. The van der Waals surface area contributed by atoms with Gasteiger partial charge in [0.05, 0.1) is 0 Å². The van der Waals surface area contributed by atoms with Crippen LogP contribution in [-0.2, 0) is 6.54 Å². The van der Waals surface area contributed by atoms with Gasteiger partial charge in [-0.15, -0.1) is 0 Å². The lowest BCUT2D eigenvalue weighted by Crippen LogP contribution is -1.98. The summed E-state index contributed by atoms with van der Waals surface area (Å²) in [5.74, 6) is -0.944. The Morgan fingerprint density at radius 2 is 2.05 bits per heavy atom. The van der Waals surface area contributed by atoms with Crippen LogP contribution in [0.2, 0.25) is 0 Å². The molecule has 2 aromatic rings. The number of aryl methyl sites for hydroxylation is 1. The number of carboxylic acids is 1. The van der Waals surface area contributed by atoms with Gasteiger partial charge in [-0.3, -0.25) is 4.68 Å². The lowest BCUT2D eigenvalue weighted by Gasteiger charge is -2.00. The Morgan fingerprint density at radius 3 is 2.63 bits per heavy atom. The molecule has 0 saturated carbocycles. The normalized spacial score (nSPS) is 10.6. The standard InChI is InChI=1S/C14H15BrN2O2/c1-2-3-8-17-9-12(14(18)19)13(16-17)10-4-6-11(15)7-5-10/h4-7,9H,2-3,8H2,1H3,(H,18,19). The third-order valence-corrected chi connectivity index (χ3v) is 3.38. The molecule has 0 radical (unpaired) electrons. The van der Waals surface area contributed by atoms with Gasteiger partial charge in [0.15, 0.2) is 0 Å². The molecular weight excluding hydrogens is 308 g/mol. The van der Waals surface area contributed by atoms with Gasteiger partial charge in [0.2, 0.25) is 0 Å². The van der Waals surface area contributed by atoms with Crippen molar-refractivity contribution in [2.24, 2.45) is 0 Å². The molecule has 0 atom stereocenters. The Hall–Kier alpha value is -1.62. The quantitative estimate of drug-likeness (QED) is 0.910. The van der Waals surface area contributed by atoms with Crippen molar-refractivity contribution in [3.05, 3.63) is 40.5 Å². The summed E-state index contributed by atoms with van der Waals surface area (Å²) in [7, 11) is 0. The molecule has 0 unspecified atom stereocenters. The van der Waals surface area contributed by atoms with Crippen LogP contribution in [0.25, 0.3) is 11.3 Å². The van der Waals surface area contributed by atoms with E-state index in [4.69, 9.17) is 0 Å². The number of halogens is 1. The van der Waals surface area contributed by atoms with Gasteiger partial charge >= 0.3 is 5.97 Å². The summed E-state index contributed by atoms with van der Waals surface area (Å²) in [5.41, 5.74) is 1.59. The summed E-state index contributed by atoms with van der Waals surface area (Å²) in [6, 6.07) is 7.49. The van der Waals surface area contributed by atoms with Crippen LogP contribution >= 0.6 is 15.9 Å². The smallest absolute Gasteiger partial charge is 0.339 e. The molecule has 1 heterocycles. The van der Waals surface area contributed by atoms with Crippen LogP contribution in [0.15, 0.2) is 34.9 Å². The topological polar surface area (TPSA) is 55.1 Å². The second-order valence-corrected chi connectivity index (χ2v) is 5.24. The van der Waals surface area contributed by atoms with Gasteiger partial charge in [0.25, 0.3) is 0 Å². The zero-order valence-corrected chi connectivity index (χ0v) is 12.2. The minimum atomic E-state index is -0.944. The molecule has 2 rings (SSSR count). The van der Waals surface area contributed by atoms with Gasteiger partial charge in [-0.2, -0.15) is 5.10 Å². The average Bonchev–Trinajstić information content (AvgIpc) is 2.81. The minimum Gasteiger partial charge on any atom is -0.478 e. The first-order valence-corrected chi connectivity index (χ1v) is 6.97. The predicted molar refractivity (Wildman–Crippen MR) is 77.2 cm³/mol. The van der Waals surface area contributed by atoms with E-state index in [0.29, 0.717) is 5.69 Å². The van der Waals surface area contributed by atoms with Gasteiger partial charge < -0.3 is 5.11 Å². The van der Waals surface area contributed by atoms with Crippen molar-refractivity contribution in [2.75, 3.05) is 0 Å². The molecule has 0 spiro atoms. The van der Waals surface area contributed by atoms with Crippen molar-refractivity contribution in [2.45, 2.75) is 26.3 Å². The van der Waals surface area contributed by atoms with Gasteiger partial charge in [0.1, 0.15) is 11.3 Å². The van der Waals surface area contributed by atoms with Gasteiger partial charge in [-0.05, 0) is 18.6 Å². The Morgan fingerprint density at radius 1 is 1.37 bits per heavy atom. The van der Waals surface area contributed by atoms with Gasteiger partial charge in [-0.1, -0.05) is 41.4 Å². The number of carbonyl (C=O) groups is 1. The number of unbranched alkanes of at least 4 members (excludes halogenated alkanes) is 1. The van der Waals surface area contributed by atoms with Crippen molar-refractivity contribution < 1.29 is 9.90 Å². The van der Waals surface area contributed by atoms with Gasteiger partial charge in [-0.25, -0.2) is 4.79 Å². The summed E-state index contributed by atoms with van der Waals surface area (Å²) in [5, 5.41) is 13.6. The monoisotopic (exact) mass is 322 g/mol. The molecular formula is C14H15BrN2O2. The fourth-order valence-corrected chi connectivity index (χ4v) is 2.10. The number of aromatic nitrogens is 2. The van der Waals surface area contributed by atoms with E-state index in [9.17, 15) is 9.90 Å². The number of nitrogens with zero attached hydrogens (tertiary/aromatic N) is 2. The third kappa shape index (κ3) is 3.23. The Balaban J connectivity index is 2.39. The number of hydrogen-bond acceptors (Lipinski definition) is 2. The second kappa shape index (κ2) is 6.02. The van der Waals surface area contributed by atoms with Crippen molar-refractivity contribution in [3.63, 3.8) is 0 Å². The van der Waals surface area contributed by atoms with Crippen LogP contribution in [0.5, 0.6) is 0 Å². The second-order valence-electron chi connectivity index (χ2n) is 4.32. The molecule has 19 heavy (non-hydrogen) atoms. The molecule has 1 aromatic carbocycles. The molecule has 5 heteroatoms. The maximum atomic E-state index is 11.3. The summed E-state index contributed by atoms with van der Waals surface area (Å²) in [4.78, 5) is 11.3. The van der Waals surface area contributed by atoms with Crippen LogP contribution in [0.3, 0.4) is 0 Å². The largest absolute Gasteiger partial charge is 0.478 e. The summed E-state index contributed by atoms with van der Waals surface area (Å²) in [6.07, 6.45) is 3.64. The SMILES string of the molecule is CCCCn1cc(C(=O)O)c(-c2ccc(Br)cc2)n1. The maximum Gasteiger partial charge on any atom is 0.339 e. The molecule has 1 N–H and O–H groups in total. The summed E-state index contributed by atoms with van der Waals surface area (Å²) in [6.45, 7) is 2.84. The van der Waals surface area contributed by atoms with Crippen molar-refractivity contribution >= 4 is 21.9 Å². The van der Waals surface area contributed by atoms with Crippen LogP contribution in [0, 0.1) is 0 Å². The van der Waals surface area contributed by atoms with E-state index in [-0.39, 0.29) is 5.56 Å². The molecule has 0 bridgehead atoms. The first-order valence-electron chi connectivity index (χ1n) is 6.18. The highest BCUT2D eigenvalue weighted by Crippen LogP contribution is 2.24. The third-order valence-electron chi connectivity index (χ3n) is 2.85. The molecule has 0 aliphatic heterocycles. The van der Waals surface area contributed by atoms with E-state index in [1.54, 1.807) is 10.9 Å². The number of carboxylic acid groups (broad SMARTS) is 1. The number of hydrogen-bond donors (Lipinski definition) is 1. The maximum absolute atomic E-state index is 11.3. The fourth-order valence-electron chi connectivity index (χ4n) is 1.83. The highest BCUT2D eigenvalue weighted by molar-refractivity contribution is 9.10. The molecule has 0 aliphatic rings. The lowest BCUT2D eigenvalue weighted by atomic mass is 10.1. The van der Waals surface area contributed by atoms with Crippen molar-refractivity contribution in [3.8, 4) is 11.3 Å². The van der Waals surface area contributed by atoms with Crippen LogP contribution in [0.4, 0.5) is 0 Å². The molecule has 0 saturated heterocycles. The lowest BCUT2D eigenvalue weighted by molar-refractivity contribution is 0.0697. The van der Waals surface area contributed by atoms with Crippen LogP contribution in [0.1, 0.15) is 30.1 Å². The van der Waals surface area contributed by atoms with E-state index in [1.165, 1.54) is 0 Å². The first-order chi connectivity index (χ1) is 9.11. The molecule has 4 nitrogen and oxygen atoms in total. The molecule has 0 amide bonds. The van der Waals surface area contributed by atoms with Gasteiger partial charge in [0, 0.05) is 22.8 Å². The zero-order chi connectivity index (χ0) is 13.8. The van der Waals surface area contributed by atoms with E-state index in [2.05, 4.69) is 28.0 Å². The van der Waals surface area contributed by atoms with E-state index >= 15 is 0 Å². The molecule has 0 fully saturated rings. The highest BCUT2D eigenvalue weighted by Gasteiger charge is 2.16. The first kappa shape index (κ1) is 13.8. The summed E-state index contributed by atoms with van der Waals surface area (Å²) < 4.78 is 2.67. The van der Waals surface area contributed by atoms with Crippen molar-refractivity contribution in [1.82, 2.24) is 9.78 Å². The minimum absolute atomic E-state index is 0.249. The van der Waals surface area contributed by atoms with E-state index < -0.39 is 5.97 Å². The Labute approximate surface area is 120 Å². The zero-order valence-electron chi connectivity index (χ0n) is 10.6.